The van der Waals surface area contributed by atoms with Crippen LogP contribution in [0.1, 0.15) is 63.9 Å². The molecule has 3 amide bonds. The first-order valence-corrected chi connectivity index (χ1v) is 14.7. The van der Waals surface area contributed by atoms with Gasteiger partial charge < -0.3 is 25.4 Å². The van der Waals surface area contributed by atoms with E-state index in [1.807, 2.05) is 30.3 Å². The van der Waals surface area contributed by atoms with Crippen LogP contribution in [0, 0.1) is 11.8 Å². The number of benzene rings is 1. The molecule has 9 heteroatoms. The van der Waals surface area contributed by atoms with Crippen molar-refractivity contribution in [1.29, 1.82) is 0 Å². The van der Waals surface area contributed by atoms with Crippen LogP contribution in [0.2, 0.25) is 0 Å². The van der Waals surface area contributed by atoms with Gasteiger partial charge >= 0.3 is 0 Å². The maximum absolute atomic E-state index is 13.9. The van der Waals surface area contributed by atoms with E-state index in [4.69, 9.17) is 9.84 Å². The molecule has 8 nitrogen and oxygen atoms in total. The van der Waals surface area contributed by atoms with E-state index < -0.39 is 29.6 Å². The number of aliphatic hydroxyl groups excluding tert-OH is 1. The first kappa shape index (κ1) is 28.0. The summed E-state index contributed by atoms with van der Waals surface area (Å²) in [5.74, 6) is -1.87. The second kappa shape index (κ2) is 12.7. The molecule has 0 saturated carbocycles. The van der Waals surface area contributed by atoms with E-state index in [9.17, 15) is 14.4 Å². The molecule has 37 heavy (non-hydrogen) atoms. The lowest BCUT2D eigenvalue weighted by Crippen LogP contribution is -2.56. The topological polar surface area (TPSA) is 108 Å². The number of rotatable bonds is 14. The number of unbranched alkanes of at least 4 members (excludes halogenated alkanes) is 5. The summed E-state index contributed by atoms with van der Waals surface area (Å²) in [6.07, 6.45) is 6.22. The van der Waals surface area contributed by atoms with Crippen LogP contribution in [0.5, 0.6) is 0 Å². The summed E-state index contributed by atoms with van der Waals surface area (Å²) in [4.78, 5) is 42.6. The predicted molar refractivity (Wildman–Crippen MR) is 144 cm³/mol. The molecule has 3 aliphatic rings. The number of hydrogen-bond donors (Lipinski definition) is 3. The van der Waals surface area contributed by atoms with Crippen molar-refractivity contribution in [2.24, 2.45) is 11.8 Å². The molecule has 3 unspecified atom stereocenters. The zero-order valence-electron chi connectivity index (χ0n) is 21.7. The Labute approximate surface area is 228 Å². The van der Waals surface area contributed by atoms with Gasteiger partial charge in [0.15, 0.2) is 0 Å². The fourth-order valence-electron chi connectivity index (χ4n) is 6.30. The van der Waals surface area contributed by atoms with E-state index in [0.29, 0.717) is 26.1 Å². The molecule has 0 aliphatic carbocycles. The molecule has 1 aromatic carbocycles. The highest BCUT2D eigenvalue weighted by atomic mass is 79.9. The van der Waals surface area contributed by atoms with Crippen LogP contribution in [0.25, 0.3) is 0 Å². The second-order valence-electron chi connectivity index (χ2n) is 10.5. The molecule has 3 saturated heterocycles. The van der Waals surface area contributed by atoms with Gasteiger partial charge in [-0.1, -0.05) is 78.9 Å². The number of halogens is 1. The Morgan fingerprint density at radius 2 is 1.84 bits per heavy atom. The zero-order valence-corrected chi connectivity index (χ0v) is 23.3. The number of amides is 3. The molecule has 204 valence electrons. The lowest BCUT2D eigenvalue weighted by Gasteiger charge is -2.34. The minimum absolute atomic E-state index is 0.107. The Morgan fingerprint density at radius 1 is 1.08 bits per heavy atom. The van der Waals surface area contributed by atoms with E-state index in [0.717, 1.165) is 50.5 Å². The van der Waals surface area contributed by atoms with Gasteiger partial charge in [0.25, 0.3) is 0 Å². The Kier molecular flexibility index (Phi) is 9.64. The molecule has 6 atom stereocenters. The Bertz CT molecular complexity index is 947. The number of nitrogens with one attached hydrogen (secondary N) is 2. The minimum atomic E-state index is -1.01. The van der Waals surface area contributed by atoms with Gasteiger partial charge in [-0.15, -0.1) is 0 Å². The molecule has 3 heterocycles. The van der Waals surface area contributed by atoms with Crippen molar-refractivity contribution in [3.8, 4) is 0 Å². The van der Waals surface area contributed by atoms with Gasteiger partial charge in [-0.3, -0.25) is 14.4 Å². The average Bonchev–Trinajstić information content (AvgIpc) is 3.49. The molecular weight excluding hydrogens is 538 g/mol. The second-order valence-corrected chi connectivity index (χ2v) is 11.7. The summed E-state index contributed by atoms with van der Waals surface area (Å²) >= 11 is 3.71. The van der Waals surface area contributed by atoms with Crippen molar-refractivity contribution in [3.05, 3.63) is 35.9 Å². The van der Waals surface area contributed by atoms with Crippen molar-refractivity contribution in [2.75, 3.05) is 19.7 Å². The van der Waals surface area contributed by atoms with Gasteiger partial charge in [-0.2, -0.15) is 0 Å². The monoisotopic (exact) mass is 577 g/mol. The molecule has 1 aromatic rings. The number of likely N-dealkylation sites (tertiary alicyclic amines) is 1. The molecule has 1 spiro atoms. The fourth-order valence-corrected chi connectivity index (χ4v) is 7.25. The smallest absolute Gasteiger partial charge is 0.245 e. The van der Waals surface area contributed by atoms with Gasteiger partial charge in [0.05, 0.1) is 17.9 Å². The summed E-state index contributed by atoms with van der Waals surface area (Å²) in [7, 11) is 0. The average molecular weight is 579 g/mol. The Morgan fingerprint density at radius 3 is 2.57 bits per heavy atom. The Balaban J connectivity index is 1.54. The quantitative estimate of drug-likeness (QED) is 0.233. The largest absolute Gasteiger partial charge is 0.396 e. The zero-order chi connectivity index (χ0) is 26.4. The SMILES string of the molecule is CCCCCNC(=O)C1N(CCCCCCO)C(=O)[C@@H]2[C@H](C(=O)NCc3ccccc3)[C@H]3OC12CC3Br. The Hall–Kier alpha value is -1.97. The number of alkyl halides is 1. The van der Waals surface area contributed by atoms with E-state index in [1.54, 1.807) is 4.90 Å². The van der Waals surface area contributed by atoms with Crippen LogP contribution < -0.4 is 10.6 Å². The normalized spacial score (nSPS) is 30.0. The third-order valence-electron chi connectivity index (χ3n) is 8.04. The number of hydrogen-bond acceptors (Lipinski definition) is 5. The lowest BCUT2D eigenvalue weighted by atomic mass is 9.70. The van der Waals surface area contributed by atoms with Crippen LogP contribution in [-0.2, 0) is 25.7 Å². The van der Waals surface area contributed by atoms with Crippen molar-refractivity contribution in [2.45, 2.75) is 87.4 Å². The molecule has 3 N–H and O–H groups in total. The van der Waals surface area contributed by atoms with Crippen molar-refractivity contribution >= 4 is 33.7 Å². The number of ether oxygens (including phenoxy) is 1. The van der Waals surface area contributed by atoms with Crippen molar-refractivity contribution in [3.63, 3.8) is 0 Å². The van der Waals surface area contributed by atoms with Gasteiger partial charge in [0.2, 0.25) is 17.7 Å². The number of carbonyl (C=O) groups is 3. The van der Waals surface area contributed by atoms with Gasteiger partial charge in [-0.05, 0) is 31.2 Å². The minimum Gasteiger partial charge on any atom is -0.396 e. The molecule has 4 rings (SSSR count). The van der Waals surface area contributed by atoms with E-state index >= 15 is 0 Å². The first-order chi connectivity index (χ1) is 17.9. The molecule has 2 bridgehead atoms. The highest BCUT2D eigenvalue weighted by Gasteiger charge is 2.76. The summed E-state index contributed by atoms with van der Waals surface area (Å²) in [6.45, 7) is 3.64. The summed E-state index contributed by atoms with van der Waals surface area (Å²) in [5.41, 5.74) is -0.0263. The molecule has 3 aliphatic heterocycles. The standard InChI is InChI=1S/C28H40BrN3O5/c1-2-3-9-14-30-26(35)24-28-17-20(29)23(37-28)21(25(34)31-18-19-12-7-6-8-13-19)22(28)27(36)32(24)15-10-4-5-11-16-33/h6-8,12-13,20-24,33H,2-5,9-11,14-18H2,1H3,(H,30,35)(H,31,34)/t20?,21-,22-,23-,24?,28?/m0/s1. The highest BCUT2D eigenvalue weighted by molar-refractivity contribution is 9.09. The summed E-state index contributed by atoms with van der Waals surface area (Å²) < 4.78 is 6.52. The maximum atomic E-state index is 13.9. The van der Waals surface area contributed by atoms with Crippen molar-refractivity contribution in [1.82, 2.24) is 15.5 Å². The fraction of sp³-hybridized carbons (Fsp3) is 0.679. The van der Waals surface area contributed by atoms with Gasteiger partial charge in [-0.25, -0.2) is 0 Å². The van der Waals surface area contributed by atoms with Crippen LogP contribution in [0.3, 0.4) is 0 Å². The third-order valence-corrected chi connectivity index (χ3v) is 8.88. The van der Waals surface area contributed by atoms with Crippen LogP contribution in [-0.4, -0.2) is 70.0 Å². The van der Waals surface area contributed by atoms with E-state index in [2.05, 4.69) is 33.5 Å². The number of carbonyl (C=O) groups excluding carboxylic acids is 3. The maximum Gasteiger partial charge on any atom is 0.245 e. The molecule has 0 radical (unpaired) electrons. The summed E-state index contributed by atoms with van der Waals surface area (Å²) in [5, 5.41) is 15.1. The number of nitrogens with zero attached hydrogens (tertiary/aromatic N) is 1. The molecule has 3 fully saturated rings. The predicted octanol–water partition coefficient (Wildman–Crippen LogP) is 2.91. The van der Waals surface area contributed by atoms with E-state index in [-0.39, 0.29) is 29.2 Å². The third kappa shape index (κ3) is 5.73. The number of aliphatic hydroxyl groups is 1. The lowest BCUT2D eigenvalue weighted by molar-refractivity contribution is -0.142. The van der Waals surface area contributed by atoms with Gasteiger partial charge in [0.1, 0.15) is 11.6 Å². The van der Waals surface area contributed by atoms with Crippen molar-refractivity contribution < 1.29 is 24.2 Å². The first-order valence-electron chi connectivity index (χ1n) is 13.8. The van der Waals surface area contributed by atoms with Crippen LogP contribution >= 0.6 is 15.9 Å². The van der Waals surface area contributed by atoms with Crippen LogP contribution in [0.4, 0.5) is 0 Å². The summed E-state index contributed by atoms with van der Waals surface area (Å²) in [6, 6.07) is 8.93. The van der Waals surface area contributed by atoms with Gasteiger partial charge in [0, 0.05) is 31.1 Å². The molecular formula is C28H40BrN3O5. The van der Waals surface area contributed by atoms with Crippen LogP contribution in [0.15, 0.2) is 30.3 Å². The molecule has 0 aromatic heterocycles. The number of fused-ring (bicyclic) bond motifs is 1. The van der Waals surface area contributed by atoms with E-state index in [1.165, 1.54) is 0 Å². The highest BCUT2D eigenvalue weighted by Crippen LogP contribution is 2.60.